The summed E-state index contributed by atoms with van der Waals surface area (Å²) in [6, 6.07) is 0. The summed E-state index contributed by atoms with van der Waals surface area (Å²) in [5, 5.41) is 23.4. The molecule has 6 heteroatoms. The summed E-state index contributed by atoms with van der Waals surface area (Å²) >= 11 is 0. The molecule has 0 rings (SSSR count). The van der Waals surface area contributed by atoms with Crippen LogP contribution in [0.2, 0.25) is 0 Å². The molecule has 0 radical (unpaired) electrons. The number of carbonyl (C=O) groups is 2. The number of unbranched alkanes of at least 4 members (excludes halogenated alkanes) is 23. The van der Waals surface area contributed by atoms with E-state index in [1.54, 1.807) is 0 Å². The molecule has 0 aliphatic heterocycles. The molecule has 0 amide bonds. The average Bonchev–Trinajstić information content (AvgIpc) is 3.12. The van der Waals surface area contributed by atoms with Gasteiger partial charge in [0, 0.05) is 6.54 Å². The second-order valence-electron chi connectivity index (χ2n) is 15.5. The number of hydrogen-bond acceptors (Lipinski definition) is 4. The second-order valence-corrected chi connectivity index (χ2v) is 15.5. The molecule has 0 aromatic carbocycles. The maximum Gasteiger partial charge on any atom is 0.290 e. The number of aliphatic hydroxyl groups excluding tert-OH is 1. The molecule has 0 aromatic heterocycles. The molecule has 308 valence electrons. The summed E-state index contributed by atoms with van der Waals surface area (Å²) in [7, 11) is 0. The Labute approximate surface area is 319 Å². The Morgan fingerprint density at radius 1 is 0.412 bits per heavy atom. The van der Waals surface area contributed by atoms with Crippen LogP contribution in [0.25, 0.3) is 0 Å². The van der Waals surface area contributed by atoms with E-state index in [4.69, 9.17) is 19.8 Å². The molecular formula is C45H93NO5. The van der Waals surface area contributed by atoms with Crippen molar-refractivity contribution in [3.8, 4) is 0 Å². The lowest BCUT2D eigenvalue weighted by atomic mass is 9.89. The Morgan fingerprint density at radius 2 is 0.667 bits per heavy atom. The van der Waals surface area contributed by atoms with E-state index in [0.29, 0.717) is 6.61 Å². The maximum absolute atomic E-state index is 9.59. The maximum atomic E-state index is 9.59. The molecule has 1 unspecified atom stereocenters. The predicted molar refractivity (Wildman–Crippen MR) is 223 cm³/mol. The van der Waals surface area contributed by atoms with Gasteiger partial charge >= 0.3 is 0 Å². The minimum atomic E-state index is -0.250. The molecule has 0 bridgehead atoms. The fourth-order valence-electron chi connectivity index (χ4n) is 7.41. The first-order chi connectivity index (χ1) is 25.0. The van der Waals surface area contributed by atoms with Gasteiger partial charge in [-0.1, -0.05) is 227 Å². The van der Waals surface area contributed by atoms with Crippen molar-refractivity contribution in [2.24, 2.45) is 11.8 Å². The standard InChI is InChI=1S/C43H89NO.2CH2O2/c1-5-8-11-14-17-19-26-33-42(4)34-27-23-25-32-39-44(40-41-45)38-31-24-18-22-30-37-43(35-28-20-15-12-9-6-2)36-29-21-16-13-10-7-3;2*2-1-3/h42-43,45H,5-41H2,1-4H3;2*1H,(H,2,3). The lowest BCUT2D eigenvalue weighted by Crippen LogP contribution is -2.29. The second kappa shape index (κ2) is 51.0. The monoisotopic (exact) mass is 728 g/mol. The molecule has 6 nitrogen and oxygen atoms in total. The zero-order valence-corrected chi connectivity index (χ0v) is 35.1. The number of nitrogens with zero attached hydrogens (tertiary/aromatic N) is 1. The summed E-state index contributed by atoms with van der Waals surface area (Å²) in [6.07, 6.45) is 47.1. The lowest BCUT2D eigenvalue weighted by molar-refractivity contribution is -0.123. The van der Waals surface area contributed by atoms with Crippen LogP contribution in [0, 0.1) is 11.8 Å². The normalized spacial score (nSPS) is 11.6. The molecule has 0 spiro atoms. The van der Waals surface area contributed by atoms with Crippen LogP contribution in [-0.2, 0) is 9.59 Å². The van der Waals surface area contributed by atoms with Gasteiger partial charge in [0.25, 0.3) is 12.9 Å². The minimum absolute atomic E-state index is 0.250. The van der Waals surface area contributed by atoms with Crippen molar-refractivity contribution in [1.29, 1.82) is 0 Å². The van der Waals surface area contributed by atoms with Crippen LogP contribution in [-0.4, -0.2) is 59.4 Å². The largest absolute Gasteiger partial charge is 0.483 e. The van der Waals surface area contributed by atoms with E-state index in [9.17, 15) is 5.11 Å². The number of carboxylic acid groups (broad SMARTS) is 2. The third-order valence-corrected chi connectivity index (χ3v) is 10.7. The molecule has 0 aromatic rings. The molecule has 0 heterocycles. The predicted octanol–water partition coefficient (Wildman–Crippen LogP) is 13.9. The van der Waals surface area contributed by atoms with Crippen molar-refractivity contribution >= 4 is 12.9 Å². The third kappa shape index (κ3) is 51.0. The van der Waals surface area contributed by atoms with Crippen molar-refractivity contribution in [1.82, 2.24) is 4.90 Å². The SMILES string of the molecule is CCCCCCCCCC(C)CCCCCCN(CCO)CCCCCCCC(CCCCCCCC)CCCCCCCC.O=CO.O=CO. The summed E-state index contributed by atoms with van der Waals surface area (Å²) in [5.74, 6) is 1.91. The highest BCUT2D eigenvalue weighted by molar-refractivity contribution is 5.33. The van der Waals surface area contributed by atoms with Crippen molar-refractivity contribution < 1.29 is 24.9 Å². The Morgan fingerprint density at radius 3 is 0.961 bits per heavy atom. The highest BCUT2D eigenvalue weighted by atomic mass is 16.3. The van der Waals surface area contributed by atoms with Gasteiger partial charge in [0.05, 0.1) is 6.61 Å². The van der Waals surface area contributed by atoms with Crippen LogP contribution >= 0.6 is 0 Å². The molecule has 0 aliphatic carbocycles. The van der Waals surface area contributed by atoms with E-state index in [1.165, 1.54) is 225 Å². The molecule has 0 fully saturated rings. The summed E-state index contributed by atoms with van der Waals surface area (Å²) in [4.78, 5) is 19.3. The fraction of sp³-hybridized carbons (Fsp3) is 0.956. The minimum Gasteiger partial charge on any atom is -0.483 e. The van der Waals surface area contributed by atoms with Gasteiger partial charge in [-0.25, -0.2) is 0 Å². The van der Waals surface area contributed by atoms with Gasteiger partial charge in [-0.15, -0.1) is 0 Å². The average molecular weight is 728 g/mol. The zero-order valence-electron chi connectivity index (χ0n) is 35.1. The zero-order chi connectivity index (χ0) is 38.3. The van der Waals surface area contributed by atoms with Crippen LogP contribution in [0.15, 0.2) is 0 Å². The van der Waals surface area contributed by atoms with Gasteiger partial charge in [-0.2, -0.15) is 0 Å². The van der Waals surface area contributed by atoms with Crippen LogP contribution in [0.3, 0.4) is 0 Å². The smallest absolute Gasteiger partial charge is 0.290 e. The first-order valence-electron chi connectivity index (χ1n) is 22.5. The van der Waals surface area contributed by atoms with E-state index in [1.807, 2.05) is 0 Å². The molecule has 0 aliphatic rings. The highest BCUT2D eigenvalue weighted by Crippen LogP contribution is 2.25. The van der Waals surface area contributed by atoms with Gasteiger partial charge in [0.15, 0.2) is 0 Å². The molecule has 1 atom stereocenters. The van der Waals surface area contributed by atoms with E-state index in [2.05, 4.69) is 32.6 Å². The van der Waals surface area contributed by atoms with E-state index < -0.39 is 0 Å². The number of rotatable bonds is 39. The van der Waals surface area contributed by atoms with Crippen molar-refractivity contribution in [2.45, 2.75) is 240 Å². The molecule has 3 N–H and O–H groups in total. The Bertz CT molecular complexity index is 597. The highest BCUT2D eigenvalue weighted by Gasteiger charge is 2.10. The Hall–Kier alpha value is -1.14. The van der Waals surface area contributed by atoms with Gasteiger partial charge in [-0.05, 0) is 37.8 Å². The van der Waals surface area contributed by atoms with Crippen molar-refractivity contribution in [3.63, 3.8) is 0 Å². The third-order valence-electron chi connectivity index (χ3n) is 10.7. The van der Waals surface area contributed by atoms with Gasteiger partial charge in [0.2, 0.25) is 0 Å². The quantitative estimate of drug-likeness (QED) is 0.0431. The van der Waals surface area contributed by atoms with Crippen LogP contribution in [0.1, 0.15) is 240 Å². The van der Waals surface area contributed by atoms with Crippen molar-refractivity contribution in [2.75, 3.05) is 26.2 Å². The van der Waals surface area contributed by atoms with Crippen LogP contribution < -0.4 is 0 Å². The summed E-state index contributed by atoms with van der Waals surface area (Å²) < 4.78 is 0. The molecular weight excluding hydrogens is 634 g/mol. The van der Waals surface area contributed by atoms with Gasteiger partial charge in [0.1, 0.15) is 0 Å². The first kappa shape index (κ1) is 54.2. The van der Waals surface area contributed by atoms with E-state index in [-0.39, 0.29) is 12.9 Å². The summed E-state index contributed by atoms with van der Waals surface area (Å²) in [5.41, 5.74) is 0. The number of hydrogen-bond donors (Lipinski definition) is 3. The molecule has 0 saturated carbocycles. The van der Waals surface area contributed by atoms with Crippen molar-refractivity contribution in [3.05, 3.63) is 0 Å². The Kier molecular flexibility index (Phi) is 54.2. The van der Waals surface area contributed by atoms with Crippen LogP contribution in [0.4, 0.5) is 0 Å². The molecule has 0 saturated heterocycles. The lowest BCUT2D eigenvalue weighted by Gasteiger charge is -2.21. The van der Waals surface area contributed by atoms with Crippen LogP contribution in [0.5, 0.6) is 0 Å². The topological polar surface area (TPSA) is 98.1 Å². The number of aliphatic hydroxyl groups is 1. The van der Waals surface area contributed by atoms with E-state index >= 15 is 0 Å². The summed E-state index contributed by atoms with van der Waals surface area (Å²) in [6.45, 7) is 12.5. The fourth-order valence-corrected chi connectivity index (χ4v) is 7.41. The Balaban J connectivity index is -0.00000356. The van der Waals surface area contributed by atoms with Gasteiger partial charge in [-0.3, -0.25) is 9.59 Å². The molecule has 51 heavy (non-hydrogen) atoms. The van der Waals surface area contributed by atoms with E-state index in [0.717, 1.165) is 18.4 Å². The first-order valence-corrected chi connectivity index (χ1v) is 22.5. The van der Waals surface area contributed by atoms with Gasteiger partial charge < -0.3 is 20.2 Å².